The molecule has 1 amide bonds. The number of aromatic nitrogens is 3. The van der Waals surface area contributed by atoms with Crippen LogP contribution in [0.5, 0.6) is 0 Å². The van der Waals surface area contributed by atoms with Crippen molar-refractivity contribution in [3.05, 3.63) is 47.8 Å². The van der Waals surface area contributed by atoms with Crippen molar-refractivity contribution in [2.24, 2.45) is 5.73 Å². The van der Waals surface area contributed by atoms with E-state index in [4.69, 9.17) is 5.73 Å². The molecule has 7 heteroatoms. The van der Waals surface area contributed by atoms with Gasteiger partial charge in [-0.3, -0.25) is 9.48 Å². The van der Waals surface area contributed by atoms with Crippen molar-refractivity contribution in [3.8, 4) is 0 Å². The molecule has 1 heterocycles. The standard InChI is InChI=1S/C18H25N5O2/c19-10-11-22-13-15(20-21-22)18(25)23(12-14-6-2-1-3-7-14)16-8-4-5-9-17(16)24/h1-3,6-7,13,16-17,24H,4-5,8-12,19H2/t16-,17-/m1/s1. The lowest BCUT2D eigenvalue weighted by molar-refractivity contribution is 0.0146. The molecule has 1 saturated carbocycles. The van der Waals surface area contributed by atoms with E-state index in [1.165, 1.54) is 0 Å². The average molecular weight is 343 g/mol. The third-order valence-corrected chi connectivity index (χ3v) is 4.67. The topological polar surface area (TPSA) is 97.3 Å². The van der Waals surface area contributed by atoms with Crippen LogP contribution in [-0.2, 0) is 13.1 Å². The van der Waals surface area contributed by atoms with Crippen molar-refractivity contribution in [3.63, 3.8) is 0 Å². The molecule has 2 aromatic rings. The van der Waals surface area contributed by atoms with Crippen LogP contribution in [0.15, 0.2) is 36.5 Å². The molecule has 0 radical (unpaired) electrons. The molecule has 1 aliphatic rings. The van der Waals surface area contributed by atoms with E-state index in [1.807, 2.05) is 30.3 Å². The van der Waals surface area contributed by atoms with Crippen LogP contribution in [0.3, 0.4) is 0 Å². The number of nitrogens with two attached hydrogens (primary N) is 1. The summed E-state index contributed by atoms with van der Waals surface area (Å²) in [7, 11) is 0. The first-order valence-corrected chi connectivity index (χ1v) is 8.82. The van der Waals surface area contributed by atoms with Crippen molar-refractivity contribution in [1.82, 2.24) is 19.9 Å². The number of hydrogen-bond donors (Lipinski definition) is 2. The Hall–Kier alpha value is -2.25. The lowest BCUT2D eigenvalue weighted by Gasteiger charge is -2.37. The zero-order chi connectivity index (χ0) is 17.6. The zero-order valence-electron chi connectivity index (χ0n) is 14.3. The first-order chi connectivity index (χ1) is 12.2. The number of amides is 1. The number of aliphatic hydroxyl groups excluding tert-OH is 1. The highest BCUT2D eigenvalue weighted by atomic mass is 16.3. The van der Waals surface area contributed by atoms with E-state index >= 15 is 0 Å². The van der Waals surface area contributed by atoms with Crippen molar-refractivity contribution in [2.75, 3.05) is 6.54 Å². The quantitative estimate of drug-likeness (QED) is 0.821. The Bertz CT molecular complexity index is 688. The van der Waals surface area contributed by atoms with Gasteiger partial charge in [0.15, 0.2) is 5.69 Å². The smallest absolute Gasteiger partial charge is 0.276 e. The Morgan fingerprint density at radius 3 is 2.76 bits per heavy atom. The third-order valence-electron chi connectivity index (χ3n) is 4.67. The Labute approximate surface area is 147 Å². The molecule has 1 aromatic heterocycles. The third kappa shape index (κ3) is 4.24. The predicted molar refractivity (Wildman–Crippen MR) is 93.7 cm³/mol. The van der Waals surface area contributed by atoms with Gasteiger partial charge in [0.25, 0.3) is 5.91 Å². The highest BCUT2D eigenvalue weighted by molar-refractivity contribution is 5.92. The van der Waals surface area contributed by atoms with Crippen LogP contribution in [0.2, 0.25) is 0 Å². The molecule has 0 bridgehead atoms. The molecular weight excluding hydrogens is 318 g/mol. The molecular formula is C18H25N5O2. The van der Waals surface area contributed by atoms with Crippen molar-refractivity contribution >= 4 is 5.91 Å². The highest BCUT2D eigenvalue weighted by Gasteiger charge is 2.33. The fourth-order valence-corrected chi connectivity index (χ4v) is 3.36. The maximum absolute atomic E-state index is 13.1. The van der Waals surface area contributed by atoms with Gasteiger partial charge in [-0.25, -0.2) is 0 Å². The molecule has 1 aromatic carbocycles. The van der Waals surface area contributed by atoms with E-state index in [2.05, 4.69) is 10.3 Å². The second-order valence-electron chi connectivity index (χ2n) is 6.49. The minimum Gasteiger partial charge on any atom is -0.391 e. The Morgan fingerprint density at radius 1 is 1.28 bits per heavy atom. The average Bonchev–Trinajstić information content (AvgIpc) is 3.10. The number of benzene rings is 1. The summed E-state index contributed by atoms with van der Waals surface area (Å²) in [5.41, 5.74) is 6.85. The highest BCUT2D eigenvalue weighted by Crippen LogP contribution is 2.26. The molecule has 7 nitrogen and oxygen atoms in total. The summed E-state index contributed by atoms with van der Waals surface area (Å²) < 4.78 is 1.57. The fraction of sp³-hybridized carbons (Fsp3) is 0.500. The maximum atomic E-state index is 13.1. The van der Waals surface area contributed by atoms with Gasteiger partial charge in [-0.05, 0) is 18.4 Å². The first-order valence-electron chi connectivity index (χ1n) is 8.82. The Morgan fingerprint density at radius 2 is 2.04 bits per heavy atom. The van der Waals surface area contributed by atoms with Gasteiger partial charge in [0.2, 0.25) is 0 Å². The van der Waals surface area contributed by atoms with Gasteiger partial charge in [0.1, 0.15) is 0 Å². The van der Waals surface area contributed by atoms with Crippen LogP contribution in [-0.4, -0.2) is 49.6 Å². The second-order valence-corrected chi connectivity index (χ2v) is 6.49. The number of rotatable bonds is 6. The monoisotopic (exact) mass is 343 g/mol. The Kier molecular flexibility index (Phi) is 5.78. The van der Waals surface area contributed by atoms with Crippen molar-refractivity contribution in [1.29, 1.82) is 0 Å². The number of aliphatic hydroxyl groups is 1. The molecule has 0 spiro atoms. The first kappa shape index (κ1) is 17.6. The van der Waals surface area contributed by atoms with Gasteiger partial charge in [0, 0.05) is 13.1 Å². The summed E-state index contributed by atoms with van der Waals surface area (Å²) >= 11 is 0. The molecule has 134 valence electrons. The molecule has 2 atom stereocenters. The van der Waals surface area contributed by atoms with Crippen LogP contribution >= 0.6 is 0 Å². The number of carbonyl (C=O) groups is 1. The molecule has 0 aliphatic heterocycles. The molecule has 0 saturated heterocycles. The molecule has 0 unspecified atom stereocenters. The summed E-state index contributed by atoms with van der Waals surface area (Å²) in [5.74, 6) is -0.196. The van der Waals surface area contributed by atoms with E-state index in [9.17, 15) is 9.90 Å². The summed E-state index contributed by atoms with van der Waals surface area (Å²) in [6.45, 7) is 1.40. The largest absolute Gasteiger partial charge is 0.391 e. The molecule has 1 fully saturated rings. The Balaban J connectivity index is 1.84. The van der Waals surface area contributed by atoms with Crippen LogP contribution in [0, 0.1) is 0 Å². The summed E-state index contributed by atoms with van der Waals surface area (Å²) in [5, 5.41) is 18.4. The van der Waals surface area contributed by atoms with E-state index in [-0.39, 0.29) is 11.9 Å². The van der Waals surface area contributed by atoms with Gasteiger partial charge >= 0.3 is 0 Å². The summed E-state index contributed by atoms with van der Waals surface area (Å²) in [4.78, 5) is 14.8. The maximum Gasteiger partial charge on any atom is 0.276 e. The van der Waals surface area contributed by atoms with Crippen LogP contribution < -0.4 is 5.73 Å². The lowest BCUT2D eigenvalue weighted by Crippen LogP contribution is -2.48. The van der Waals surface area contributed by atoms with Gasteiger partial charge in [-0.15, -0.1) is 5.10 Å². The van der Waals surface area contributed by atoms with Crippen LogP contribution in [0.4, 0.5) is 0 Å². The summed E-state index contributed by atoms with van der Waals surface area (Å²) in [6.07, 6.45) is 4.67. The van der Waals surface area contributed by atoms with Gasteiger partial charge < -0.3 is 15.7 Å². The van der Waals surface area contributed by atoms with Crippen molar-refractivity contribution < 1.29 is 9.90 Å². The molecule has 3 rings (SSSR count). The minimum absolute atomic E-state index is 0.193. The zero-order valence-corrected chi connectivity index (χ0v) is 14.3. The number of hydrogen-bond acceptors (Lipinski definition) is 5. The lowest BCUT2D eigenvalue weighted by atomic mass is 9.91. The second kappa shape index (κ2) is 8.22. The molecule has 25 heavy (non-hydrogen) atoms. The SMILES string of the molecule is NCCn1cc(C(=O)N(Cc2ccccc2)[C@@H]2CCCC[C@H]2O)nn1. The van der Waals surface area contributed by atoms with Crippen molar-refractivity contribution in [2.45, 2.75) is 50.9 Å². The van der Waals surface area contributed by atoms with E-state index < -0.39 is 6.10 Å². The minimum atomic E-state index is -0.500. The number of carbonyl (C=O) groups excluding carboxylic acids is 1. The normalized spacial score (nSPS) is 20.4. The van der Waals surface area contributed by atoms with Gasteiger partial charge in [0.05, 0.1) is 24.9 Å². The van der Waals surface area contributed by atoms with Gasteiger partial charge in [-0.2, -0.15) is 0 Å². The summed E-state index contributed by atoms with van der Waals surface area (Å²) in [6, 6.07) is 9.63. The van der Waals surface area contributed by atoms with Gasteiger partial charge in [-0.1, -0.05) is 48.4 Å². The van der Waals surface area contributed by atoms with E-state index in [0.29, 0.717) is 25.3 Å². The predicted octanol–water partition coefficient (Wildman–Crippen LogP) is 1.18. The van der Waals surface area contributed by atoms with Crippen LogP contribution in [0.1, 0.15) is 41.7 Å². The fourth-order valence-electron chi connectivity index (χ4n) is 3.36. The van der Waals surface area contributed by atoms with E-state index in [1.54, 1.807) is 15.8 Å². The molecule has 3 N–H and O–H groups in total. The number of nitrogens with zero attached hydrogens (tertiary/aromatic N) is 4. The van der Waals surface area contributed by atoms with E-state index in [0.717, 1.165) is 31.2 Å². The molecule has 1 aliphatic carbocycles. The van der Waals surface area contributed by atoms with Crippen LogP contribution in [0.25, 0.3) is 0 Å².